The number of benzene rings is 2. The summed E-state index contributed by atoms with van der Waals surface area (Å²) in [6.45, 7) is 3.65. The van der Waals surface area contributed by atoms with Crippen molar-refractivity contribution in [2.75, 3.05) is 4.72 Å². The summed E-state index contributed by atoms with van der Waals surface area (Å²) in [5.74, 6) is -0.522. The molecule has 0 unspecified atom stereocenters. The molecule has 0 fully saturated rings. The van der Waals surface area contributed by atoms with Gasteiger partial charge in [-0.1, -0.05) is 31.2 Å². The van der Waals surface area contributed by atoms with Gasteiger partial charge < -0.3 is 5.32 Å². The van der Waals surface area contributed by atoms with Crippen LogP contribution < -0.4 is 10.0 Å². The van der Waals surface area contributed by atoms with Crippen molar-refractivity contribution in [2.45, 2.75) is 37.4 Å². The first-order valence-electron chi connectivity index (χ1n) is 8.15. The number of anilines is 1. The van der Waals surface area contributed by atoms with Crippen molar-refractivity contribution in [3.8, 4) is 0 Å². The maximum Gasteiger partial charge on any atom is 0.417 e. The molecule has 5 nitrogen and oxygen atoms in total. The molecule has 2 rings (SSSR count). The molecular formula is C18H19F3N2O3S. The van der Waals surface area contributed by atoms with E-state index in [-0.39, 0.29) is 17.3 Å². The van der Waals surface area contributed by atoms with Gasteiger partial charge in [-0.05, 0) is 37.6 Å². The zero-order valence-electron chi connectivity index (χ0n) is 14.7. The minimum Gasteiger partial charge on any atom is -0.350 e. The Labute approximate surface area is 155 Å². The van der Waals surface area contributed by atoms with Crippen LogP contribution in [0.5, 0.6) is 0 Å². The highest BCUT2D eigenvalue weighted by Crippen LogP contribution is 2.34. The molecule has 0 bridgehead atoms. The van der Waals surface area contributed by atoms with Gasteiger partial charge in [0.15, 0.2) is 0 Å². The molecule has 0 radical (unpaired) electrons. The average Bonchev–Trinajstić information content (AvgIpc) is 2.61. The molecule has 2 N–H and O–H groups in total. The maximum absolute atomic E-state index is 13.2. The van der Waals surface area contributed by atoms with E-state index in [9.17, 15) is 26.4 Å². The summed E-state index contributed by atoms with van der Waals surface area (Å²) in [6.07, 6.45) is -4.17. The third-order valence-electron chi connectivity index (χ3n) is 3.89. The summed E-state index contributed by atoms with van der Waals surface area (Å²) in [6, 6.07) is 9.45. The summed E-state index contributed by atoms with van der Waals surface area (Å²) >= 11 is 0. The Morgan fingerprint density at radius 3 is 2.30 bits per heavy atom. The van der Waals surface area contributed by atoms with Gasteiger partial charge >= 0.3 is 6.18 Å². The second-order valence-corrected chi connectivity index (χ2v) is 7.58. The van der Waals surface area contributed by atoms with Crippen LogP contribution in [0.1, 0.15) is 36.2 Å². The maximum atomic E-state index is 13.2. The van der Waals surface area contributed by atoms with E-state index in [1.807, 2.05) is 6.92 Å². The molecular weight excluding hydrogens is 381 g/mol. The summed E-state index contributed by atoms with van der Waals surface area (Å²) in [7, 11) is -4.57. The molecule has 27 heavy (non-hydrogen) atoms. The van der Waals surface area contributed by atoms with Crippen LogP contribution in [0.4, 0.5) is 18.9 Å². The second-order valence-electron chi connectivity index (χ2n) is 5.93. The lowest BCUT2D eigenvalue weighted by Gasteiger charge is -2.17. The van der Waals surface area contributed by atoms with Gasteiger partial charge in [0, 0.05) is 6.04 Å². The number of halogens is 3. The van der Waals surface area contributed by atoms with Gasteiger partial charge in [0.05, 0.1) is 21.7 Å². The first-order valence-corrected chi connectivity index (χ1v) is 9.63. The molecule has 1 amide bonds. The highest BCUT2D eigenvalue weighted by atomic mass is 32.2. The molecule has 0 aromatic heterocycles. The third-order valence-corrected chi connectivity index (χ3v) is 5.31. The highest BCUT2D eigenvalue weighted by molar-refractivity contribution is 7.92. The first kappa shape index (κ1) is 20.8. The Hall–Kier alpha value is -2.55. The van der Waals surface area contributed by atoms with Gasteiger partial charge in [-0.2, -0.15) is 13.2 Å². The summed E-state index contributed by atoms with van der Waals surface area (Å²) in [5, 5.41) is 2.69. The van der Waals surface area contributed by atoms with E-state index in [1.54, 1.807) is 6.92 Å². The van der Waals surface area contributed by atoms with Gasteiger partial charge in [-0.3, -0.25) is 9.52 Å². The summed E-state index contributed by atoms with van der Waals surface area (Å²) in [5.41, 5.74) is -1.36. The van der Waals surface area contributed by atoms with Gasteiger partial charge in [0.2, 0.25) is 0 Å². The van der Waals surface area contributed by atoms with E-state index in [1.165, 1.54) is 30.3 Å². The molecule has 0 saturated heterocycles. The predicted octanol–water partition coefficient (Wildman–Crippen LogP) is 4.03. The van der Waals surface area contributed by atoms with Gasteiger partial charge in [-0.15, -0.1) is 0 Å². The van der Waals surface area contributed by atoms with E-state index in [4.69, 9.17) is 0 Å². The molecule has 0 spiro atoms. The number of hydrogen-bond acceptors (Lipinski definition) is 3. The fourth-order valence-electron chi connectivity index (χ4n) is 2.31. The van der Waals surface area contributed by atoms with Crippen molar-refractivity contribution in [3.05, 3.63) is 59.7 Å². The highest BCUT2D eigenvalue weighted by Gasteiger charge is 2.37. The van der Waals surface area contributed by atoms with Crippen LogP contribution in [-0.2, 0) is 16.2 Å². The molecule has 0 saturated carbocycles. The zero-order valence-corrected chi connectivity index (χ0v) is 15.5. The molecule has 2 aromatic carbocycles. The number of carbonyl (C=O) groups excluding carboxylic acids is 1. The van der Waals surface area contributed by atoms with Gasteiger partial charge in [0.1, 0.15) is 0 Å². The van der Waals surface area contributed by atoms with Gasteiger partial charge in [0.25, 0.3) is 15.9 Å². The molecule has 0 aliphatic carbocycles. The quantitative estimate of drug-likeness (QED) is 0.769. The van der Waals surface area contributed by atoms with Crippen LogP contribution in [0.25, 0.3) is 0 Å². The van der Waals surface area contributed by atoms with Gasteiger partial charge in [-0.25, -0.2) is 8.42 Å². The van der Waals surface area contributed by atoms with Crippen LogP contribution in [0.3, 0.4) is 0 Å². The Morgan fingerprint density at radius 1 is 1.07 bits per heavy atom. The standard InChI is InChI=1S/C18H19F3N2O3S/c1-3-12(2)22-17(24)13-8-4-6-10-15(13)23-27(25,26)16-11-7-5-9-14(16)18(19,20)21/h4-12,23H,3H2,1-2H3,(H,22,24)/t12-/m0/s1. The molecule has 9 heteroatoms. The SMILES string of the molecule is CC[C@H](C)NC(=O)c1ccccc1NS(=O)(=O)c1ccccc1C(F)(F)F. The molecule has 0 heterocycles. The fourth-order valence-corrected chi connectivity index (χ4v) is 3.62. The van der Waals surface area contributed by atoms with Crippen molar-refractivity contribution in [2.24, 2.45) is 0 Å². The van der Waals surface area contributed by atoms with Crippen LogP contribution in [-0.4, -0.2) is 20.4 Å². The molecule has 146 valence electrons. The second kappa shape index (κ2) is 7.99. The average molecular weight is 400 g/mol. The molecule has 2 aromatic rings. The fraction of sp³-hybridized carbons (Fsp3) is 0.278. The number of para-hydroxylation sites is 1. The van der Waals surface area contributed by atoms with Crippen molar-refractivity contribution in [1.82, 2.24) is 5.32 Å². The Bertz CT molecular complexity index is 927. The molecule has 1 atom stereocenters. The number of nitrogens with one attached hydrogen (secondary N) is 2. The van der Waals surface area contributed by atoms with E-state index in [0.717, 1.165) is 12.1 Å². The van der Waals surface area contributed by atoms with E-state index in [2.05, 4.69) is 10.0 Å². The number of sulfonamides is 1. The largest absolute Gasteiger partial charge is 0.417 e. The number of amides is 1. The van der Waals surface area contributed by atoms with E-state index in [0.29, 0.717) is 12.5 Å². The predicted molar refractivity (Wildman–Crippen MR) is 95.9 cm³/mol. The van der Waals surface area contributed by atoms with Crippen molar-refractivity contribution >= 4 is 21.6 Å². The number of carbonyl (C=O) groups is 1. The number of alkyl halides is 3. The van der Waals surface area contributed by atoms with Crippen LogP contribution in [0, 0.1) is 0 Å². The van der Waals surface area contributed by atoms with Crippen molar-refractivity contribution in [1.29, 1.82) is 0 Å². The lowest BCUT2D eigenvalue weighted by molar-refractivity contribution is -0.139. The minimum absolute atomic E-state index is 0.0193. The monoisotopic (exact) mass is 400 g/mol. The summed E-state index contributed by atoms with van der Waals surface area (Å²) in [4.78, 5) is 11.4. The van der Waals surface area contributed by atoms with E-state index >= 15 is 0 Å². The molecule has 0 aliphatic rings. The minimum atomic E-state index is -4.83. The van der Waals surface area contributed by atoms with Crippen LogP contribution >= 0.6 is 0 Å². The Balaban J connectivity index is 2.42. The number of rotatable bonds is 6. The van der Waals surface area contributed by atoms with Crippen molar-refractivity contribution in [3.63, 3.8) is 0 Å². The number of hydrogen-bond donors (Lipinski definition) is 2. The lowest BCUT2D eigenvalue weighted by Crippen LogP contribution is -2.32. The third kappa shape index (κ3) is 5.00. The zero-order chi connectivity index (χ0) is 20.2. The summed E-state index contributed by atoms with van der Waals surface area (Å²) < 4.78 is 66.7. The lowest BCUT2D eigenvalue weighted by atomic mass is 10.1. The van der Waals surface area contributed by atoms with E-state index < -0.39 is 32.6 Å². The topological polar surface area (TPSA) is 75.3 Å². The van der Waals surface area contributed by atoms with Crippen molar-refractivity contribution < 1.29 is 26.4 Å². The van der Waals surface area contributed by atoms with Crippen LogP contribution in [0.15, 0.2) is 53.4 Å². The Kier molecular flexibility index (Phi) is 6.15. The Morgan fingerprint density at radius 2 is 1.67 bits per heavy atom. The van der Waals surface area contributed by atoms with Crippen LogP contribution in [0.2, 0.25) is 0 Å². The first-order chi connectivity index (χ1) is 12.6. The normalized spacial score (nSPS) is 13.1. The molecule has 0 aliphatic heterocycles. The smallest absolute Gasteiger partial charge is 0.350 e.